The average Bonchev–Trinajstić information content (AvgIpc) is 2.32. The van der Waals surface area contributed by atoms with Crippen LogP contribution in [0.25, 0.3) is 0 Å². The number of benzene rings is 1. The molecular weight excluding hydrogens is 222 g/mol. The van der Waals surface area contributed by atoms with Gasteiger partial charge in [-0.05, 0) is 49.4 Å². The summed E-state index contributed by atoms with van der Waals surface area (Å²) in [5, 5.41) is 8.80. The van der Waals surface area contributed by atoms with Crippen molar-refractivity contribution in [2.45, 2.75) is 32.6 Å². The van der Waals surface area contributed by atoms with E-state index in [4.69, 9.17) is 11.0 Å². The van der Waals surface area contributed by atoms with E-state index in [1.54, 1.807) is 0 Å². The number of nitriles is 1. The normalized spacial score (nSPS) is 14.9. The van der Waals surface area contributed by atoms with Crippen LogP contribution in [-0.2, 0) is 6.42 Å². The quantitative estimate of drug-likeness (QED) is 0.809. The van der Waals surface area contributed by atoms with E-state index in [-0.39, 0.29) is 0 Å². The van der Waals surface area contributed by atoms with Gasteiger partial charge >= 0.3 is 0 Å². The Hall–Kier alpha value is -1.69. The first-order valence-corrected chi connectivity index (χ1v) is 6.75. The molecule has 2 N–H and O–H groups in total. The molecule has 0 spiro atoms. The Morgan fingerprint density at radius 2 is 2.22 bits per heavy atom. The lowest BCUT2D eigenvalue weighted by Gasteiger charge is -2.33. The first-order valence-electron chi connectivity index (χ1n) is 6.75. The van der Waals surface area contributed by atoms with E-state index in [2.05, 4.69) is 30.0 Å². The molecule has 1 aliphatic carbocycles. The van der Waals surface area contributed by atoms with Gasteiger partial charge in [0.25, 0.3) is 0 Å². The summed E-state index contributed by atoms with van der Waals surface area (Å²) in [6.07, 6.45) is 4.48. The van der Waals surface area contributed by atoms with Crippen molar-refractivity contribution >= 4 is 11.4 Å². The van der Waals surface area contributed by atoms with Crippen molar-refractivity contribution in [3.63, 3.8) is 0 Å². The average molecular weight is 243 g/mol. The molecule has 1 saturated carbocycles. The third-order valence-corrected chi connectivity index (χ3v) is 3.85. The first-order chi connectivity index (χ1) is 8.74. The van der Waals surface area contributed by atoms with Crippen molar-refractivity contribution in [1.29, 1.82) is 5.26 Å². The van der Waals surface area contributed by atoms with E-state index >= 15 is 0 Å². The van der Waals surface area contributed by atoms with E-state index in [1.165, 1.54) is 24.9 Å². The van der Waals surface area contributed by atoms with Gasteiger partial charge in [0.1, 0.15) is 0 Å². The van der Waals surface area contributed by atoms with Gasteiger partial charge in [0, 0.05) is 24.5 Å². The minimum atomic E-state index is 0.390. The number of nitrogens with two attached hydrogens (primary N) is 1. The highest BCUT2D eigenvalue weighted by Gasteiger charge is 2.20. The van der Waals surface area contributed by atoms with E-state index in [0.717, 1.165) is 30.3 Å². The van der Waals surface area contributed by atoms with Crippen molar-refractivity contribution in [3.05, 3.63) is 23.8 Å². The molecule has 0 atom stereocenters. The summed E-state index contributed by atoms with van der Waals surface area (Å²) in [6, 6.07) is 8.23. The fraction of sp³-hybridized carbons (Fsp3) is 0.533. The van der Waals surface area contributed by atoms with Crippen LogP contribution in [-0.4, -0.2) is 13.1 Å². The summed E-state index contributed by atoms with van der Waals surface area (Å²) in [4.78, 5) is 2.39. The standard InChI is InChI=1S/C15H21N3/c1-2-18(11-12-4-3-5-12)14-6-7-15(17)13(10-14)8-9-16/h6-7,10,12H,2-5,8,11,17H2,1H3. The van der Waals surface area contributed by atoms with E-state index in [9.17, 15) is 0 Å². The molecule has 96 valence electrons. The second kappa shape index (κ2) is 5.77. The number of hydrogen-bond acceptors (Lipinski definition) is 3. The summed E-state index contributed by atoms with van der Waals surface area (Å²) < 4.78 is 0. The van der Waals surface area contributed by atoms with Crippen molar-refractivity contribution in [1.82, 2.24) is 0 Å². The molecule has 1 fully saturated rings. The molecule has 0 heterocycles. The fourth-order valence-corrected chi connectivity index (χ4v) is 2.43. The Morgan fingerprint density at radius 1 is 1.44 bits per heavy atom. The molecule has 3 nitrogen and oxygen atoms in total. The minimum Gasteiger partial charge on any atom is -0.398 e. The Bertz CT molecular complexity index is 444. The lowest BCUT2D eigenvalue weighted by atomic mass is 9.85. The van der Waals surface area contributed by atoms with Gasteiger partial charge in [0.05, 0.1) is 12.5 Å². The van der Waals surface area contributed by atoms with Gasteiger partial charge in [-0.3, -0.25) is 0 Å². The van der Waals surface area contributed by atoms with E-state index < -0.39 is 0 Å². The minimum absolute atomic E-state index is 0.390. The number of anilines is 2. The molecule has 1 aromatic rings. The predicted octanol–water partition coefficient (Wildman–Crippen LogP) is 2.96. The summed E-state index contributed by atoms with van der Waals surface area (Å²) in [5.41, 5.74) is 8.75. The molecule has 0 amide bonds. The monoisotopic (exact) mass is 243 g/mol. The predicted molar refractivity (Wildman–Crippen MR) is 75.4 cm³/mol. The summed E-state index contributed by atoms with van der Waals surface area (Å²) in [6.45, 7) is 4.32. The zero-order valence-corrected chi connectivity index (χ0v) is 11.0. The largest absolute Gasteiger partial charge is 0.398 e. The van der Waals surface area contributed by atoms with Crippen LogP contribution in [0.5, 0.6) is 0 Å². The molecular formula is C15H21N3. The number of hydrogen-bond donors (Lipinski definition) is 1. The summed E-state index contributed by atoms with van der Waals surface area (Å²) in [5.74, 6) is 0.849. The van der Waals surface area contributed by atoms with Gasteiger partial charge in [-0.1, -0.05) is 6.42 Å². The molecule has 0 saturated heterocycles. The molecule has 0 bridgehead atoms. The molecule has 1 aliphatic rings. The maximum absolute atomic E-state index is 8.80. The van der Waals surface area contributed by atoms with Gasteiger partial charge in [0.2, 0.25) is 0 Å². The first kappa shape index (κ1) is 12.8. The molecule has 18 heavy (non-hydrogen) atoms. The Balaban J connectivity index is 2.14. The van der Waals surface area contributed by atoms with Gasteiger partial charge in [-0.2, -0.15) is 5.26 Å². The summed E-state index contributed by atoms with van der Waals surface area (Å²) in [7, 11) is 0. The van der Waals surface area contributed by atoms with Gasteiger partial charge in [-0.25, -0.2) is 0 Å². The summed E-state index contributed by atoms with van der Waals surface area (Å²) >= 11 is 0. The molecule has 3 heteroatoms. The van der Waals surface area contributed by atoms with Crippen LogP contribution in [0.4, 0.5) is 11.4 Å². The van der Waals surface area contributed by atoms with Crippen LogP contribution in [0.2, 0.25) is 0 Å². The highest BCUT2D eigenvalue weighted by molar-refractivity contribution is 5.59. The molecule has 0 unspecified atom stereocenters. The van der Waals surface area contributed by atoms with Gasteiger partial charge in [0.15, 0.2) is 0 Å². The Labute approximate surface area is 109 Å². The van der Waals surface area contributed by atoms with Crippen molar-refractivity contribution < 1.29 is 0 Å². The van der Waals surface area contributed by atoms with Crippen molar-refractivity contribution in [3.8, 4) is 6.07 Å². The molecule has 1 aromatic carbocycles. The lowest BCUT2D eigenvalue weighted by Crippen LogP contribution is -2.32. The highest BCUT2D eigenvalue weighted by Crippen LogP contribution is 2.29. The third kappa shape index (κ3) is 2.76. The van der Waals surface area contributed by atoms with Crippen LogP contribution in [0.3, 0.4) is 0 Å². The second-order valence-electron chi connectivity index (χ2n) is 5.05. The third-order valence-electron chi connectivity index (χ3n) is 3.85. The Morgan fingerprint density at radius 3 is 2.78 bits per heavy atom. The molecule has 0 aromatic heterocycles. The molecule has 0 radical (unpaired) electrons. The maximum atomic E-state index is 8.80. The lowest BCUT2D eigenvalue weighted by molar-refractivity contribution is 0.318. The molecule has 2 rings (SSSR count). The van der Waals surface area contributed by atoms with Crippen molar-refractivity contribution in [2.75, 3.05) is 23.7 Å². The number of nitrogen functional groups attached to an aromatic ring is 1. The fourth-order valence-electron chi connectivity index (χ4n) is 2.43. The SMILES string of the molecule is CCN(CC1CCC1)c1ccc(N)c(CC#N)c1. The zero-order chi connectivity index (χ0) is 13.0. The van der Waals surface area contributed by atoms with Gasteiger partial charge in [-0.15, -0.1) is 0 Å². The topological polar surface area (TPSA) is 53.0 Å². The highest BCUT2D eigenvalue weighted by atomic mass is 15.1. The smallest absolute Gasteiger partial charge is 0.0670 e. The number of rotatable bonds is 5. The van der Waals surface area contributed by atoms with Gasteiger partial charge < -0.3 is 10.6 Å². The second-order valence-corrected chi connectivity index (χ2v) is 5.05. The van der Waals surface area contributed by atoms with E-state index in [1.807, 2.05) is 6.07 Å². The Kier molecular flexibility index (Phi) is 4.09. The zero-order valence-electron chi connectivity index (χ0n) is 11.0. The maximum Gasteiger partial charge on any atom is 0.0670 e. The van der Waals surface area contributed by atoms with Crippen LogP contribution in [0, 0.1) is 17.2 Å². The van der Waals surface area contributed by atoms with Crippen molar-refractivity contribution in [2.24, 2.45) is 5.92 Å². The van der Waals surface area contributed by atoms with Crippen LogP contribution in [0.1, 0.15) is 31.7 Å². The molecule has 0 aliphatic heterocycles. The van der Waals surface area contributed by atoms with Crippen LogP contribution >= 0.6 is 0 Å². The van der Waals surface area contributed by atoms with E-state index in [0.29, 0.717) is 6.42 Å². The van der Waals surface area contributed by atoms with Crippen LogP contribution in [0.15, 0.2) is 18.2 Å². The number of nitrogens with zero attached hydrogens (tertiary/aromatic N) is 2. The van der Waals surface area contributed by atoms with Crippen LogP contribution < -0.4 is 10.6 Å².